The van der Waals surface area contributed by atoms with E-state index in [2.05, 4.69) is 0 Å². The molecule has 0 aliphatic rings. The molecule has 2 aromatic rings. The van der Waals surface area contributed by atoms with E-state index in [9.17, 15) is 8.42 Å². The molecule has 0 atom stereocenters. The van der Waals surface area contributed by atoms with E-state index < -0.39 is 10.0 Å². The lowest BCUT2D eigenvalue weighted by Gasteiger charge is -2.22. The number of hydrogen-bond donors (Lipinski definition) is 0. The molecule has 3 nitrogen and oxygen atoms in total. The lowest BCUT2D eigenvalue weighted by Crippen LogP contribution is -2.31. The fourth-order valence-corrected chi connectivity index (χ4v) is 4.02. The molecule has 2 rings (SSSR count). The van der Waals surface area contributed by atoms with Crippen LogP contribution in [0.15, 0.2) is 53.4 Å². The minimum atomic E-state index is -3.47. The number of aryl methyl sites for hydroxylation is 2. The third kappa shape index (κ3) is 3.52. The van der Waals surface area contributed by atoms with Crippen LogP contribution >= 0.6 is 0 Å². The number of benzene rings is 2. The van der Waals surface area contributed by atoms with E-state index in [4.69, 9.17) is 0 Å². The molecule has 0 amide bonds. The first kappa shape index (κ1) is 15.7. The molecule has 2 aromatic carbocycles. The number of rotatable bonds is 5. The Morgan fingerprint density at radius 2 is 1.67 bits per heavy atom. The fraction of sp³-hybridized carbons (Fsp3) is 0.294. The molecule has 0 radical (unpaired) electrons. The molecular weight excluding hydrogens is 282 g/mol. The summed E-state index contributed by atoms with van der Waals surface area (Å²) >= 11 is 0. The molecule has 0 saturated carbocycles. The lowest BCUT2D eigenvalue weighted by molar-refractivity contribution is 0.423. The van der Waals surface area contributed by atoms with Crippen molar-refractivity contribution in [3.63, 3.8) is 0 Å². The van der Waals surface area contributed by atoms with E-state index in [0.29, 0.717) is 18.0 Å². The van der Waals surface area contributed by atoms with Gasteiger partial charge < -0.3 is 0 Å². The molecule has 21 heavy (non-hydrogen) atoms. The molecule has 0 aliphatic heterocycles. The van der Waals surface area contributed by atoms with Crippen LogP contribution in [-0.2, 0) is 16.6 Å². The summed E-state index contributed by atoms with van der Waals surface area (Å²) in [5, 5.41) is 0. The Balaban J connectivity index is 2.38. The zero-order valence-corrected chi connectivity index (χ0v) is 13.5. The van der Waals surface area contributed by atoms with Crippen LogP contribution in [0, 0.1) is 13.8 Å². The summed E-state index contributed by atoms with van der Waals surface area (Å²) in [6, 6.07) is 15.2. The summed E-state index contributed by atoms with van der Waals surface area (Å²) in [4.78, 5) is 0.403. The summed E-state index contributed by atoms with van der Waals surface area (Å²) in [6.07, 6.45) is 0. The topological polar surface area (TPSA) is 37.4 Å². The molecule has 0 fully saturated rings. The molecule has 0 unspecified atom stereocenters. The van der Waals surface area contributed by atoms with Crippen molar-refractivity contribution in [2.45, 2.75) is 32.2 Å². The molecule has 0 aromatic heterocycles. The monoisotopic (exact) mass is 303 g/mol. The third-order valence-electron chi connectivity index (χ3n) is 3.52. The largest absolute Gasteiger partial charge is 0.243 e. The van der Waals surface area contributed by atoms with Gasteiger partial charge in [0.15, 0.2) is 0 Å². The van der Waals surface area contributed by atoms with Crippen molar-refractivity contribution in [3.8, 4) is 0 Å². The highest BCUT2D eigenvalue weighted by atomic mass is 32.2. The Bertz CT molecular complexity index is 709. The van der Waals surface area contributed by atoms with Crippen LogP contribution in [0.5, 0.6) is 0 Å². The van der Waals surface area contributed by atoms with E-state index in [-0.39, 0.29) is 0 Å². The fourth-order valence-electron chi connectivity index (χ4n) is 2.28. The van der Waals surface area contributed by atoms with Crippen LogP contribution < -0.4 is 0 Å². The van der Waals surface area contributed by atoms with Gasteiger partial charge in [0.1, 0.15) is 0 Å². The second-order valence-corrected chi connectivity index (χ2v) is 7.09. The van der Waals surface area contributed by atoms with Gasteiger partial charge >= 0.3 is 0 Å². The zero-order valence-electron chi connectivity index (χ0n) is 12.7. The Morgan fingerprint density at radius 3 is 2.29 bits per heavy atom. The summed E-state index contributed by atoms with van der Waals surface area (Å²) in [6.45, 7) is 6.46. The lowest BCUT2D eigenvalue weighted by atomic mass is 10.2. The van der Waals surface area contributed by atoms with Crippen LogP contribution in [0.25, 0.3) is 0 Å². The van der Waals surface area contributed by atoms with Crippen molar-refractivity contribution in [2.24, 2.45) is 0 Å². The van der Waals surface area contributed by atoms with Gasteiger partial charge in [-0.3, -0.25) is 0 Å². The molecule has 0 N–H and O–H groups in total. The van der Waals surface area contributed by atoms with Crippen molar-refractivity contribution < 1.29 is 8.42 Å². The normalized spacial score (nSPS) is 11.8. The maximum absolute atomic E-state index is 12.9. The maximum Gasteiger partial charge on any atom is 0.243 e. The molecule has 4 heteroatoms. The van der Waals surface area contributed by atoms with Gasteiger partial charge in [-0.2, -0.15) is 4.31 Å². The zero-order chi connectivity index (χ0) is 15.5. The second-order valence-electron chi connectivity index (χ2n) is 5.19. The van der Waals surface area contributed by atoms with Crippen LogP contribution in [0.1, 0.15) is 23.6 Å². The van der Waals surface area contributed by atoms with Crippen molar-refractivity contribution in [1.29, 1.82) is 0 Å². The second kappa shape index (κ2) is 6.41. The molecule has 0 heterocycles. The predicted octanol–water partition coefficient (Wildman–Crippen LogP) is 3.51. The van der Waals surface area contributed by atoms with Gasteiger partial charge in [-0.1, -0.05) is 49.4 Å². The first-order valence-corrected chi connectivity index (χ1v) is 8.50. The quantitative estimate of drug-likeness (QED) is 0.847. The molecule has 0 bridgehead atoms. The van der Waals surface area contributed by atoms with Crippen molar-refractivity contribution in [1.82, 2.24) is 4.31 Å². The van der Waals surface area contributed by atoms with E-state index in [1.165, 1.54) is 4.31 Å². The van der Waals surface area contributed by atoms with Gasteiger partial charge in [0.25, 0.3) is 0 Å². The highest BCUT2D eigenvalue weighted by Gasteiger charge is 2.24. The first-order valence-electron chi connectivity index (χ1n) is 7.06. The molecule has 0 aliphatic carbocycles. The number of hydrogen-bond acceptors (Lipinski definition) is 2. The van der Waals surface area contributed by atoms with Crippen LogP contribution in [0.2, 0.25) is 0 Å². The van der Waals surface area contributed by atoms with Crippen molar-refractivity contribution >= 4 is 10.0 Å². The Morgan fingerprint density at radius 1 is 1.00 bits per heavy atom. The minimum Gasteiger partial charge on any atom is -0.207 e. The molecular formula is C17H21NO2S. The first-order chi connectivity index (χ1) is 9.95. The SMILES string of the molecule is CCN(Cc1ccccc1)S(=O)(=O)c1cc(C)ccc1C. The van der Waals surface area contributed by atoms with Crippen molar-refractivity contribution in [3.05, 3.63) is 65.2 Å². The van der Waals surface area contributed by atoms with Crippen molar-refractivity contribution in [2.75, 3.05) is 6.54 Å². The molecule has 112 valence electrons. The third-order valence-corrected chi connectivity index (χ3v) is 5.58. The van der Waals surface area contributed by atoms with Gasteiger partial charge in [0.2, 0.25) is 10.0 Å². The standard InChI is InChI=1S/C17H21NO2S/c1-4-18(13-16-8-6-5-7-9-16)21(19,20)17-12-14(2)10-11-15(17)3/h5-12H,4,13H2,1-3H3. The van der Waals surface area contributed by atoms with Crippen LogP contribution in [0.4, 0.5) is 0 Å². The van der Waals surface area contributed by atoms with Gasteiger partial charge in [-0.15, -0.1) is 0 Å². The van der Waals surface area contributed by atoms with Gasteiger partial charge in [-0.25, -0.2) is 8.42 Å². The van der Waals surface area contributed by atoms with E-state index in [0.717, 1.165) is 16.7 Å². The number of nitrogens with zero attached hydrogens (tertiary/aromatic N) is 1. The summed E-state index contributed by atoms with van der Waals surface area (Å²) in [7, 11) is -3.47. The Kier molecular flexibility index (Phi) is 4.80. The van der Waals surface area contributed by atoms with Crippen LogP contribution in [0.3, 0.4) is 0 Å². The Labute approximate surface area is 127 Å². The summed E-state index contributed by atoms with van der Waals surface area (Å²) in [5.41, 5.74) is 2.73. The summed E-state index contributed by atoms with van der Waals surface area (Å²) < 4.78 is 27.3. The smallest absolute Gasteiger partial charge is 0.207 e. The van der Waals surface area contributed by atoms with E-state index >= 15 is 0 Å². The molecule has 0 saturated heterocycles. The maximum atomic E-state index is 12.9. The van der Waals surface area contributed by atoms with Gasteiger partial charge in [0, 0.05) is 13.1 Å². The predicted molar refractivity (Wildman–Crippen MR) is 85.6 cm³/mol. The van der Waals surface area contributed by atoms with E-state index in [1.807, 2.05) is 63.2 Å². The van der Waals surface area contributed by atoms with Crippen LogP contribution in [-0.4, -0.2) is 19.3 Å². The number of sulfonamides is 1. The van der Waals surface area contributed by atoms with E-state index in [1.54, 1.807) is 6.07 Å². The average Bonchev–Trinajstić information content (AvgIpc) is 2.48. The molecule has 0 spiro atoms. The Hall–Kier alpha value is -1.65. The highest BCUT2D eigenvalue weighted by molar-refractivity contribution is 7.89. The highest BCUT2D eigenvalue weighted by Crippen LogP contribution is 2.22. The average molecular weight is 303 g/mol. The van der Waals surface area contributed by atoms with Gasteiger partial charge in [0.05, 0.1) is 4.90 Å². The van der Waals surface area contributed by atoms with Gasteiger partial charge in [-0.05, 0) is 36.6 Å². The minimum absolute atomic E-state index is 0.396. The summed E-state index contributed by atoms with van der Waals surface area (Å²) in [5.74, 6) is 0.